The maximum atomic E-state index is 14.1. The molecule has 45 heavy (non-hydrogen) atoms. The highest BCUT2D eigenvalue weighted by Gasteiger charge is 2.32. The van der Waals surface area contributed by atoms with Crippen molar-refractivity contribution in [3.05, 3.63) is 127 Å². The third kappa shape index (κ3) is 6.04. The van der Waals surface area contributed by atoms with E-state index in [-0.39, 0.29) is 47.5 Å². The van der Waals surface area contributed by atoms with Crippen molar-refractivity contribution in [1.82, 2.24) is 34.8 Å². The van der Waals surface area contributed by atoms with Crippen LogP contribution in [0.15, 0.2) is 83.8 Å². The number of para-hydroxylation sites is 1. The van der Waals surface area contributed by atoms with Crippen molar-refractivity contribution in [2.45, 2.75) is 32.5 Å². The second-order valence-electron chi connectivity index (χ2n) is 10.6. The molecule has 1 aliphatic rings. The van der Waals surface area contributed by atoms with E-state index in [0.29, 0.717) is 45.2 Å². The summed E-state index contributed by atoms with van der Waals surface area (Å²) in [7, 11) is 1.56. The van der Waals surface area contributed by atoms with Crippen LogP contribution in [0.2, 0.25) is 10.0 Å². The summed E-state index contributed by atoms with van der Waals surface area (Å²) in [5, 5.41) is 15.4. The van der Waals surface area contributed by atoms with E-state index in [9.17, 15) is 14.4 Å². The number of rotatable bonds is 7. The SMILES string of the molecule is CNC(=O)c1ccc(-n2c(NCc3cnn(-c4ccccc4)n3)nc3c(c2=O)C[C@@H](C)N(C(=O)c2ccc(Cl)c(Cl)c2)C3)cc1. The van der Waals surface area contributed by atoms with Gasteiger partial charge in [-0.1, -0.05) is 41.4 Å². The quantitative estimate of drug-likeness (QED) is 0.264. The molecule has 0 saturated carbocycles. The number of aromatic nitrogens is 5. The molecule has 0 bridgehead atoms. The van der Waals surface area contributed by atoms with E-state index in [4.69, 9.17) is 28.2 Å². The molecule has 0 fully saturated rings. The number of hydrogen-bond acceptors (Lipinski definition) is 7. The van der Waals surface area contributed by atoms with E-state index >= 15 is 0 Å². The molecule has 6 rings (SSSR count). The molecular formula is C32H28Cl2N8O3. The lowest BCUT2D eigenvalue weighted by molar-refractivity contribution is 0.0653. The summed E-state index contributed by atoms with van der Waals surface area (Å²) in [6.07, 6.45) is 1.94. The number of benzene rings is 3. The molecule has 0 saturated heterocycles. The first-order chi connectivity index (χ1) is 21.7. The number of fused-ring (bicyclic) bond motifs is 1. The van der Waals surface area contributed by atoms with E-state index < -0.39 is 0 Å². The summed E-state index contributed by atoms with van der Waals surface area (Å²) in [6.45, 7) is 2.24. The van der Waals surface area contributed by atoms with Crippen LogP contribution in [0.25, 0.3) is 11.4 Å². The fourth-order valence-corrected chi connectivity index (χ4v) is 5.52. The van der Waals surface area contributed by atoms with Gasteiger partial charge in [0.1, 0.15) is 5.69 Å². The fourth-order valence-electron chi connectivity index (χ4n) is 5.22. The number of nitrogens with zero attached hydrogens (tertiary/aromatic N) is 6. The molecule has 0 unspecified atom stereocenters. The lowest BCUT2D eigenvalue weighted by Gasteiger charge is -2.34. The minimum atomic E-state index is -0.287. The van der Waals surface area contributed by atoms with E-state index in [1.807, 2.05) is 37.3 Å². The minimum Gasteiger partial charge on any atom is -0.355 e. The molecule has 2 N–H and O–H groups in total. The third-order valence-electron chi connectivity index (χ3n) is 7.61. The van der Waals surface area contributed by atoms with Gasteiger partial charge < -0.3 is 15.5 Å². The van der Waals surface area contributed by atoms with Crippen LogP contribution in [-0.2, 0) is 19.5 Å². The summed E-state index contributed by atoms with van der Waals surface area (Å²) in [6, 6.07) is 20.7. The zero-order valence-electron chi connectivity index (χ0n) is 24.4. The number of carbonyl (C=O) groups excluding carboxylic acids is 2. The minimum absolute atomic E-state index is 0.125. The Bertz CT molecular complexity index is 1960. The summed E-state index contributed by atoms with van der Waals surface area (Å²) in [5.41, 5.74) is 3.54. The van der Waals surface area contributed by atoms with Crippen molar-refractivity contribution in [2.75, 3.05) is 12.4 Å². The van der Waals surface area contributed by atoms with Gasteiger partial charge in [-0.25, -0.2) is 9.55 Å². The Kier molecular flexibility index (Phi) is 8.38. The fraction of sp³-hybridized carbons (Fsp3) is 0.188. The van der Waals surface area contributed by atoms with Crippen LogP contribution in [0.4, 0.5) is 5.95 Å². The Labute approximate surface area is 268 Å². The summed E-state index contributed by atoms with van der Waals surface area (Å²) >= 11 is 12.3. The van der Waals surface area contributed by atoms with Crippen molar-refractivity contribution in [3.63, 3.8) is 0 Å². The molecule has 3 aromatic carbocycles. The maximum absolute atomic E-state index is 14.1. The van der Waals surface area contributed by atoms with Crippen molar-refractivity contribution in [1.29, 1.82) is 0 Å². The summed E-state index contributed by atoms with van der Waals surface area (Å²) in [5.74, 6) is -0.218. The Morgan fingerprint density at radius 2 is 1.69 bits per heavy atom. The average molecular weight is 644 g/mol. The molecular weight excluding hydrogens is 615 g/mol. The van der Waals surface area contributed by atoms with Crippen molar-refractivity contribution >= 4 is 41.0 Å². The van der Waals surface area contributed by atoms with E-state index in [2.05, 4.69) is 20.8 Å². The van der Waals surface area contributed by atoms with E-state index in [1.54, 1.807) is 54.5 Å². The van der Waals surface area contributed by atoms with E-state index in [0.717, 1.165) is 5.69 Å². The van der Waals surface area contributed by atoms with Crippen LogP contribution in [-0.4, -0.2) is 54.3 Å². The van der Waals surface area contributed by atoms with Crippen molar-refractivity contribution in [2.24, 2.45) is 0 Å². The zero-order valence-corrected chi connectivity index (χ0v) is 25.9. The predicted octanol–water partition coefficient (Wildman–Crippen LogP) is 4.68. The van der Waals surface area contributed by atoms with Gasteiger partial charge in [0.05, 0.1) is 46.4 Å². The lowest BCUT2D eigenvalue weighted by Crippen LogP contribution is -2.46. The molecule has 3 heterocycles. The van der Waals surface area contributed by atoms with Gasteiger partial charge in [0.15, 0.2) is 0 Å². The first-order valence-corrected chi connectivity index (χ1v) is 14.9. The molecule has 5 aromatic rings. The van der Waals surface area contributed by atoms with E-state index in [1.165, 1.54) is 15.4 Å². The molecule has 1 aliphatic heterocycles. The van der Waals surface area contributed by atoms with Crippen LogP contribution >= 0.6 is 23.2 Å². The smallest absolute Gasteiger partial charge is 0.263 e. The van der Waals surface area contributed by atoms with Gasteiger partial charge in [0, 0.05) is 29.8 Å². The number of nitrogens with one attached hydrogen (secondary N) is 2. The van der Waals surface area contributed by atoms with Gasteiger partial charge in [-0.2, -0.15) is 15.0 Å². The number of hydrogen-bond donors (Lipinski definition) is 2. The highest BCUT2D eigenvalue weighted by atomic mass is 35.5. The normalized spacial score (nSPS) is 14.1. The average Bonchev–Trinajstić information content (AvgIpc) is 3.54. The summed E-state index contributed by atoms with van der Waals surface area (Å²) in [4.78, 5) is 47.9. The molecule has 1 atom stereocenters. The van der Waals surface area contributed by atoms with Gasteiger partial charge in [-0.05, 0) is 67.9 Å². The van der Waals surface area contributed by atoms with Crippen LogP contribution in [0.1, 0.15) is 44.6 Å². The molecule has 2 amide bonds. The number of carbonyl (C=O) groups is 2. The van der Waals surface area contributed by atoms with Gasteiger partial charge in [-0.15, -0.1) is 0 Å². The third-order valence-corrected chi connectivity index (χ3v) is 8.35. The number of halogens is 2. The van der Waals surface area contributed by atoms with Gasteiger partial charge >= 0.3 is 0 Å². The molecule has 11 nitrogen and oxygen atoms in total. The van der Waals surface area contributed by atoms with Gasteiger partial charge in [0.2, 0.25) is 5.95 Å². The number of amides is 2. The van der Waals surface area contributed by atoms with Gasteiger partial charge in [-0.3, -0.25) is 14.4 Å². The first kappa shape index (κ1) is 30.0. The topological polar surface area (TPSA) is 127 Å². The van der Waals surface area contributed by atoms with Crippen LogP contribution < -0.4 is 16.2 Å². The lowest BCUT2D eigenvalue weighted by atomic mass is 9.98. The molecule has 0 radical (unpaired) electrons. The first-order valence-electron chi connectivity index (χ1n) is 14.2. The Morgan fingerprint density at radius 3 is 2.40 bits per heavy atom. The number of anilines is 1. The summed E-state index contributed by atoms with van der Waals surface area (Å²) < 4.78 is 1.48. The van der Waals surface area contributed by atoms with Crippen LogP contribution in [0.5, 0.6) is 0 Å². The van der Waals surface area contributed by atoms with Crippen LogP contribution in [0.3, 0.4) is 0 Å². The second-order valence-corrected chi connectivity index (χ2v) is 11.4. The Balaban J connectivity index is 1.36. The molecule has 2 aromatic heterocycles. The Morgan fingerprint density at radius 1 is 0.956 bits per heavy atom. The molecule has 228 valence electrons. The highest BCUT2D eigenvalue weighted by molar-refractivity contribution is 6.42. The largest absolute Gasteiger partial charge is 0.355 e. The monoisotopic (exact) mass is 642 g/mol. The van der Waals surface area contributed by atoms with Gasteiger partial charge in [0.25, 0.3) is 17.4 Å². The molecule has 13 heteroatoms. The second kappa shape index (κ2) is 12.5. The standard InChI is InChI=1S/C32H28Cl2N8O3/c1-19-14-25-28(18-40(19)30(44)21-10-13-26(33)27(34)15-21)38-32(36-16-22-17-37-42(39-22)24-6-4-3-5-7-24)41(31(25)45)23-11-8-20(9-12-23)29(43)35-2/h3-13,15,17,19H,14,16,18H2,1-2H3,(H,35,43)(H,36,38)/t19-/m1/s1. The zero-order chi connectivity index (χ0) is 31.7. The van der Waals surface area contributed by atoms with Crippen LogP contribution in [0, 0.1) is 0 Å². The van der Waals surface area contributed by atoms with Crippen molar-refractivity contribution in [3.8, 4) is 11.4 Å². The van der Waals surface area contributed by atoms with Crippen molar-refractivity contribution < 1.29 is 9.59 Å². The molecule has 0 spiro atoms. The molecule has 0 aliphatic carbocycles. The predicted molar refractivity (Wildman–Crippen MR) is 171 cm³/mol. The Hall–Kier alpha value is -5.00. The highest BCUT2D eigenvalue weighted by Crippen LogP contribution is 2.27. The maximum Gasteiger partial charge on any atom is 0.263 e.